The van der Waals surface area contributed by atoms with Crippen LogP contribution >= 0.6 is 0 Å². The minimum Gasteiger partial charge on any atom is -0.224 e. The number of halogens is 2. The van der Waals surface area contributed by atoms with Gasteiger partial charge in [0.1, 0.15) is 11.6 Å². The van der Waals surface area contributed by atoms with E-state index >= 15 is 0 Å². The molecule has 1 unspecified atom stereocenters. The fourth-order valence-electron chi connectivity index (χ4n) is 3.45. The molecule has 2 nitrogen and oxygen atoms in total. The number of hydrogen-bond donors (Lipinski definition) is 0. The lowest BCUT2D eigenvalue weighted by Gasteiger charge is -2.11. The maximum atomic E-state index is 13.8. The van der Waals surface area contributed by atoms with Gasteiger partial charge in [-0.25, -0.2) is 17.2 Å². The molecule has 0 N–H and O–H groups in total. The number of benzene rings is 2. The van der Waals surface area contributed by atoms with E-state index in [1.807, 2.05) is 0 Å². The van der Waals surface area contributed by atoms with Gasteiger partial charge in [-0.1, -0.05) is 25.5 Å². The highest BCUT2D eigenvalue weighted by molar-refractivity contribution is 7.91. The summed E-state index contributed by atoms with van der Waals surface area (Å²) in [7, 11) is -3.34. The molecule has 2 atom stereocenters. The van der Waals surface area contributed by atoms with Crippen molar-refractivity contribution in [1.82, 2.24) is 0 Å². The summed E-state index contributed by atoms with van der Waals surface area (Å²) in [6.45, 7) is 2.15. The first-order valence-electron chi connectivity index (χ1n) is 8.13. The van der Waals surface area contributed by atoms with Crippen LogP contribution < -0.4 is 0 Å². The molecule has 0 spiro atoms. The predicted molar refractivity (Wildman–Crippen MR) is 90.4 cm³/mol. The van der Waals surface area contributed by atoms with Crippen molar-refractivity contribution in [2.24, 2.45) is 11.8 Å². The zero-order valence-corrected chi connectivity index (χ0v) is 14.3. The van der Waals surface area contributed by atoms with Crippen molar-refractivity contribution in [3.63, 3.8) is 0 Å². The largest absolute Gasteiger partial charge is 0.224 e. The smallest absolute Gasteiger partial charge is 0.178 e. The molecule has 3 rings (SSSR count). The molecule has 128 valence electrons. The monoisotopic (exact) mass is 350 g/mol. The van der Waals surface area contributed by atoms with E-state index < -0.39 is 21.5 Å². The van der Waals surface area contributed by atoms with Gasteiger partial charge >= 0.3 is 0 Å². The van der Waals surface area contributed by atoms with Gasteiger partial charge in [-0.2, -0.15) is 0 Å². The molecule has 0 aromatic heterocycles. The third-order valence-corrected chi connectivity index (χ3v) is 6.61. The topological polar surface area (TPSA) is 34.1 Å². The molecule has 2 aromatic rings. The molecular weight excluding hydrogens is 330 g/mol. The highest BCUT2D eigenvalue weighted by atomic mass is 32.2. The Morgan fingerprint density at radius 1 is 1.04 bits per heavy atom. The Morgan fingerprint density at radius 2 is 1.75 bits per heavy atom. The van der Waals surface area contributed by atoms with Gasteiger partial charge in [0.05, 0.1) is 10.6 Å². The number of rotatable bonds is 4. The Kier molecular flexibility index (Phi) is 4.72. The maximum absolute atomic E-state index is 13.8. The molecular formula is C19H20F2O2S. The summed E-state index contributed by atoms with van der Waals surface area (Å²) in [5.41, 5.74) is 0.783. The second-order valence-electron chi connectivity index (χ2n) is 6.71. The molecule has 0 heterocycles. The van der Waals surface area contributed by atoms with E-state index in [-0.39, 0.29) is 22.1 Å². The molecule has 24 heavy (non-hydrogen) atoms. The Morgan fingerprint density at radius 3 is 2.33 bits per heavy atom. The minimum atomic E-state index is -3.34. The molecule has 0 amide bonds. The molecule has 0 saturated heterocycles. The summed E-state index contributed by atoms with van der Waals surface area (Å²) in [5.74, 6) is -0.318. The fourth-order valence-corrected chi connectivity index (χ4v) is 5.11. The standard InChI is InChI=1S/C19H20F2O2S/c1-13-2-3-14(10-13)12-24(22,23)17-7-4-15(5-8-17)18-9-6-16(20)11-19(18)21/h4-9,11,13-14H,2-3,10,12H2,1H3/t13-,14?/m1/s1. The van der Waals surface area contributed by atoms with Crippen LogP contribution in [0.4, 0.5) is 8.78 Å². The van der Waals surface area contributed by atoms with Crippen LogP contribution in [0.1, 0.15) is 26.2 Å². The maximum Gasteiger partial charge on any atom is 0.178 e. The van der Waals surface area contributed by atoms with Gasteiger partial charge in [0.25, 0.3) is 0 Å². The van der Waals surface area contributed by atoms with Gasteiger partial charge in [-0.05, 0) is 54.5 Å². The molecule has 0 bridgehead atoms. The normalized spacial score (nSPS) is 21.1. The fraction of sp³-hybridized carbons (Fsp3) is 0.368. The van der Waals surface area contributed by atoms with Crippen molar-refractivity contribution in [2.45, 2.75) is 31.1 Å². The predicted octanol–water partition coefficient (Wildman–Crippen LogP) is 4.84. The first-order valence-corrected chi connectivity index (χ1v) is 9.78. The summed E-state index contributed by atoms with van der Waals surface area (Å²) >= 11 is 0. The van der Waals surface area contributed by atoms with E-state index in [4.69, 9.17) is 0 Å². The lowest BCUT2D eigenvalue weighted by molar-refractivity contribution is 0.536. The summed E-state index contributed by atoms with van der Waals surface area (Å²) in [4.78, 5) is 0.258. The van der Waals surface area contributed by atoms with Crippen molar-refractivity contribution in [3.05, 3.63) is 54.1 Å². The van der Waals surface area contributed by atoms with E-state index in [0.29, 0.717) is 11.5 Å². The van der Waals surface area contributed by atoms with Gasteiger partial charge in [-0.3, -0.25) is 0 Å². The lowest BCUT2D eigenvalue weighted by Crippen LogP contribution is -2.14. The van der Waals surface area contributed by atoms with E-state index in [2.05, 4.69) is 6.92 Å². The number of sulfone groups is 1. The second-order valence-corrected chi connectivity index (χ2v) is 8.75. The average Bonchev–Trinajstić information content (AvgIpc) is 2.92. The van der Waals surface area contributed by atoms with Crippen LogP contribution in [0.5, 0.6) is 0 Å². The zero-order chi connectivity index (χ0) is 17.3. The SMILES string of the molecule is C[C@@H]1CCC(CS(=O)(=O)c2ccc(-c3ccc(F)cc3F)cc2)C1. The quantitative estimate of drug-likeness (QED) is 0.790. The van der Waals surface area contributed by atoms with Crippen LogP contribution in [0.3, 0.4) is 0 Å². The first kappa shape index (κ1) is 17.1. The Hall–Kier alpha value is -1.75. The van der Waals surface area contributed by atoms with Crippen LogP contribution in [0.15, 0.2) is 47.4 Å². The number of hydrogen-bond acceptors (Lipinski definition) is 2. The molecule has 5 heteroatoms. The van der Waals surface area contributed by atoms with Gasteiger partial charge < -0.3 is 0 Å². The average molecular weight is 350 g/mol. The van der Waals surface area contributed by atoms with Crippen LogP contribution in [0.25, 0.3) is 11.1 Å². The third kappa shape index (κ3) is 3.66. The van der Waals surface area contributed by atoms with Crippen molar-refractivity contribution in [3.8, 4) is 11.1 Å². The van der Waals surface area contributed by atoms with E-state index in [1.54, 1.807) is 12.1 Å². The highest BCUT2D eigenvalue weighted by Gasteiger charge is 2.27. The van der Waals surface area contributed by atoms with Crippen LogP contribution in [0, 0.1) is 23.5 Å². The minimum absolute atomic E-state index is 0.168. The van der Waals surface area contributed by atoms with E-state index in [0.717, 1.165) is 25.3 Å². The summed E-state index contributed by atoms with van der Waals surface area (Å²) in [6, 6.07) is 9.51. The van der Waals surface area contributed by atoms with Crippen molar-refractivity contribution in [2.75, 3.05) is 5.75 Å². The van der Waals surface area contributed by atoms with Crippen molar-refractivity contribution >= 4 is 9.84 Å². The molecule has 1 aliphatic carbocycles. The molecule has 1 saturated carbocycles. The van der Waals surface area contributed by atoms with Crippen molar-refractivity contribution < 1.29 is 17.2 Å². The van der Waals surface area contributed by atoms with Gasteiger partial charge in [0.2, 0.25) is 0 Å². The highest BCUT2D eigenvalue weighted by Crippen LogP contribution is 2.33. The van der Waals surface area contributed by atoms with Gasteiger partial charge in [0.15, 0.2) is 9.84 Å². The summed E-state index contributed by atoms with van der Waals surface area (Å²) in [6.07, 6.45) is 3.00. The van der Waals surface area contributed by atoms with E-state index in [9.17, 15) is 17.2 Å². The molecule has 0 radical (unpaired) electrons. The van der Waals surface area contributed by atoms with Crippen LogP contribution in [-0.4, -0.2) is 14.2 Å². The Balaban J connectivity index is 1.81. The first-order chi connectivity index (χ1) is 11.3. The summed E-state index contributed by atoms with van der Waals surface area (Å²) < 4.78 is 51.9. The van der Waals surface area contributed by atoms with E-state index in [1.165, 1.54) is 24.3 Å². The molecule has 1 aliphatic rings. The Labute approximate surface area is 141 Å². The Bertz CT molecular complexity index is 829. The lowest BCUT2D eigenvalue weighted by atomic mass is 10.1. The van der Waals surface area contributed by atoms with Gasteiger partial charge in [-0.15, -0.1) is 0 Å². The zero-order valence-electron chi connectivity index (χ0n) is 13.5. The molecule has 1 fully saturated rings. The molecule has 2 aromatic carbocycles. The van der Waals surface area contributed by atoms with Crippen LogP contribution in [0.2, 0.25) is 0 Å². The van der Waals surface area contributed by atoms with Gasteiger partial charge in [0, 0.05) is 11.6 Å². The second kappa shape index (κ2) is 6.63. The van der Waals surface area contributed by atoms with Crippen molar-refractivity contribution in [1.29, 1.82) is 0 Å². The van der Waals surface area contributed by atoms with Crippen LogP contribution in [-0.2, 0) is 9.84 Å². The molecule has 0 aliphatic heterocycles. The third-order valence-electron chi connectivity index (χ3n) is 4.71. The summed E-state index contributed by atoms with van der Waals surface area (Å²) in [5, 5.41) is 0.